The number of thioether (sulfide) groups is 1. The molecule has 1 aliphatic heterocycles. The summed E-state index contributed by atoms with van der Waals surface area (Å²) < 4.78 is 0. The molecule has 0 unspecified atom stereocenters. The Morgan fingerprint density at radius 2 is 2.42 bits per heavy atom. The van der Waals surface area contributed by atoms with Crippen molar-refractivity contribution in [3.63, 3.8) is 0 Å². The first-order valence-corrected chi connectivity index (χ1v) is 6.76. The van der Waals surface area contributed by atoms with E-state index in [-0.39, 0.29) is 6.61 Å². The molecule has 0 spiro atoms. The Balaban J connectivity index is 2.47. The van der Waals surface area contributed by atoms with E-state index < -0.39 is 5.97 Å². The van der Waals surface area contributed by atoms with E-state index in [2.05, 4.69) is 11.1 Å². The van der Waals surface area contributed by atoms with Gasteiger partial charge in [-0.2, -0.15) is 0 Å². The van der Waals surface area contributed by atoms with Crippen LogP contribution < -0.4 is 0 Å². The van der Waals surface area contributed by atoms with Crippen molar-refractivity contribution in [3.05, 3.63) is 28.8 Å². The normalized spacial score (nSPS) is 15.7. The van der Waals surface area contributed by atoms with Crippen molar-refractivity contribution in [1.29, 1.82) is 0 Å². The molecular weight excluding hydrogens is 262 g/mol. The summed E-state index contributed by atoms with van der Waals surface area (Å²) in [6, 6.07) is 3.46. The molecule has 0 atom stereocenters. The zero-order valence-electron chi connectivity index (χ0n) is 10.5. The van der Waals surface area contributed by atoms with Crippen LogP contribution in [-0.2, 0) is 4.84 Å². The minimum absolute atomic E-state index is 0.115. The number of hydrogen-bond donors (Lipinski definition) is 1. The fraction of sp³-hybridized carbons (Fsp3) is 0.286. The van der Waals surface area contributed by atoms with Crippen LogP contribution in [0.2, 0.25) is 0 Å². The summed E-state index contributed by atoms with van der Waals surface area (Å²) >= 11 is 1.70. The van der Waals surface area contributed by atoms with Gasteiger partial charge in [0.15, 0.2) is 6.61 Å². The van der Waals surface area contributed by atoms with Gasteiger partial charge >= 0.3 is 5.97 Å². The van der Waals surface area contributed by atoms with Crippen LogP contribution >= 0.6 is 11.8 Å². The fourth-order valence-electron chi connectivity index (χ4n) is 2.02. The van der Waals surface area contributed by atoms with Crippen molar-refractivity contribution in [1.82, 2.24) is 0 Å². The van der Waals surface area contributed by atoms with Gasteiger partial charge in [-0.15, -0.1) is 18.2 Å². The molecular formula is C14H13NO3S. The van der Waals surface area contributed by atoms with Crippen LogP contribution in [-0.4, -0.2) is 29.1 Å². The van der Waals surface area contributed by atoms with Crippen LogP contribution in [0.4, 0.5) is 0 Å². The summed E-state index contributed by atoms with van der Waals surface area (Å²) in [5, 5.41) is 13.2. The number of benzene rings is 1. The molecule has 2 rings (SSSR count). The highest BCUT2D eigenvalue weighted by Crippen LogP contribution is 2.34. The van der Waals surface area contributed by atoms with E-state index in [1.807, 2.05) is 6.07 Å². The second-order valence-corrected chi connectivity index (χ2v) is 5.17. The number of hydrogen-bond acceptors (Lipinski definition) is 4. The Morgan fingerprint density at radius 1 is 1.63 bits per heavy atom. The fourth-order valence-corrected chi connectivity index (χ4v) is 3.11. The van der Waals surface area contributed by atoms with Crippen molar-refractivity contribution in [3.8, 4) is 12.3 Å². The van der Waals surface area contributed by atoms with E-state index in [0.29, 0.717) is 5.56 Å². The van der Waals surface area contributed by atoms with E-state index in [1.54, 1.807) is 24.8 Å². The van der Waals surface area contributed by atoms with Gasteiger partial charge in [0, 0.05) is 22.6 Å². The number of carbonyl (C=O) groups is 1. The molecule has 0 amide bonds. The number of aromatic carboxylic acids is 1. The topological polar surface area (TPSA) is 58.9 Å². The molecule has 0 aromatic heterocycles. The molecule has 0 fully saturated rings. The second kappa shape index (κ2) is 5.81. The van der Waals surface area contributed by atoms with E-state index in [1.165, 1.54) is 0 Å². The molecule has 1 N–H and O–H groups in total. The van der Waals surface area contributed by atoms with Crippen molar-refractivity contribution in [2.75, 3.05) is 12.4 Å². The third-order valence-electron chi connectivity index (χ3n) is 2.86. The lowest BCUT2D eigenvalue weighted by molar-refractivity contribution is 0.0696. The Hall–Kier alpha value is -1.93. The average molecular weight is 275 g/mol. The monoisotopic (exact) mass is 275 g/mol. The number of carboxylic acids is 1. The van der Waals surface area contributed by atoms with Crippen molar-refractivity contribution >= 4 is 23.4 Å². The summed E-state index contributed by atoms with van der Waals surface area (Å²) in [4.78, 5) is 17.2. The predicted molar refractivity (Wildman–Crippen MR) is 74.8 cm³/mol. The number of nitrogens with zero attached hydrogens (tertiary/aromatic N) is 1. The highest BCUT2D eigenvalue weighted by atomic mass is 32.2. The molecule has 5 heteroatoms. The lowest BCUT2D eigenvalue weighted by Gasteiger charge is -2.20. The van der Waals surface area contributed by atoms with Gasteiger partial charge in [-0.05, 0) is 24.6 Å². The molecule has 0 saturated carbocycles. The van der Waals surface area contributed by atoms with Crippen LogP contribution in [0.1, 0.15) is 27.9 Å². The Labute approximate surface area is 115 Å². The molecule has 1 aromatic carbocycles. The first kappa shape index (κ1) is 13.5. The highest BCUT2D eigenvalue weighted by Gasteiger charge is 2.22. The van der Waals surface area contributed by atoms with E-state index >= 15 is 0 Å². The van der Waals surface area contributed by atoms with Crippen LogP contribution in [0.5, 0.6) is 0 Å². The van der Waals surface area contributed by atoms with Crippen molar-refractivity contribution in [2.24, 2.45) is 5.16 Å². The molecule has 0 saturated heterocycles. The molecule has 0 radical (unpaired) electrons. The zero-order chi connectivity index (χ0) is 13.8. The molecule has 0 aliphatic carbocycles. The summed E-state index contributed by atoms with van der Waals surface area (Å²) in [6.07, 6.45) is 5.85. The summed E-state index contributed by atoms with van der Waals surface area (Å²) in [7, 11) is 0. The molecule has 1 aliphatic rings. The Morgan fingerprint density at radius 3 is 3.11 bits per heavy atom. The van der Waals surface area contributed by atoms with Crippen molar-refractivity contribution < 1.29 is 14.7 Å². The van der Waals surface area contributed by atoms with Gasteiger partial charge in [0.2, 0.25) is 0 Å². The highest BCUT2D eigenvalue weighted by molar-refractivity contribution is 7.99. The van der Waals surface area contributed by atoms with Gasteiger partial charge in [0.05, 0.1) is 11.3 Å². The van der Waals surface area contributed by atoms with Crippen LogP contribution in [0.25, 0.3) is 0 Å². The molecule has 98 valence electrons. The van der Waals surface area contributed by atoms with Gasteiger partial charge in [-0.1, -0.05) is 11.1 Å². The Kier molecular flexibility index (Phi) is 4.13. The lowest BCUT2D eigenvalue weighted by atomic mass is 9.97. The van der Waals surface area contributed by atoms with Gasteiger partial charge in [-0.3, -0.25) is 0 Å². The average Bonchev–Trinajstić information content (AvgIpc) is 2.39. The SMILES string of the molecule is C#CCO/N=C1\CCSc2ccc(C(=O)O)c(C)c21. The molecule has 19 heavy (non-hydrogen) atoms. The standard InChI is InChI=1S/C14H13NO3S/c1-3-7-18-15-11-6-8-19-12-5-4-10(14(16)17)9(2)13(11)12/h1,4-5H,6-8H2,2H3,(H,16,17)/b15-11+. The third kappa shape index (κ3) is 2.74. The lowest BCUT2D eigenvalue weighted by Crippen LogP contribution is -2.15. The van der Waals surface area contributed by atoms with Gasteiger partial charge in [-0.25, -0.2) is 4.79 Å². The maximum atomic E-state index is 11.2. The van der Waals surface area contributed by atoms with Gasteiger partial charge in [0.25, 0.3) is 0 Å². The maximum absolute atomic E-state index is 11.2. The van der Waals surface area contributed by atoms with Crippen LogP contribution in [0, 0.1) is 19.3 Å². The van der Waals surface area contributed by atoms with E-state index in [0.717, 1.165) is 33.9 Å². The van der Waals surface area contributed by atoms with E-state index in [9.17, 15) is 4.79 Å². The molecule has 1 heterocycles. The molecule has 1 aromatic rings. The quantitative estimate of drug-likeness (QED) is 0.523. The van der Waals surface area contributed by atoms with Crippen LogP contribution in [0.3, 0.4) is 0 Å². The first-order chi connectivity index (χ1) is 9.15. The number of carboxylic acid groups (broad SMARTS) is 1. The zero-order valence-corrected chi connectivity index (χ0v) is 11.3. The minimum atomic E-state index is -0.931. The minimum Gasteiger partial charge on any atom is -0.478 e. The van der Waals surface area contributed by atoms with E-state index in [4.69, 9.17) is 16.4 Å². The largest absolute Gasteiger partial charge is 0.478 e. The smallest absolute Gasteiger partial charge is 0.335 e. The molecule has 0 bridgehead atoms. The number of fused-ring (bicyclic) bond motifs is 1. The summed E-state index contributed by atoms with van der Waals surface area (Å²) in [5.41, 5.74) is 2.66. The summed E-state index contributed by atoms with van der Waals surface area (Å²) in [6.45, 7) is 1.91. The summed E-state index contributed by atoms with van der Waals surface area (Å²) in [5.74, 6) is 2.32. The van der Waals surface area contributed by atoms with Gasteiger partial charge < -0.3 is 9.94 Å². The number of rotatable bonds is 3. The number of terminal acetylenes is 1. The Bertz CT molecular complexity index is 587. The van der Waals surface area contributed by atoms with Crippen LogP contribution in [0.15, 0.2) is 22.2 Å². The maximum Gasteiger partial charge on any atom is 0.335 e. The van der Waals surface area contributed by atoms with Gasteiger partial charge in [0.1, 0.15) is 0 Å². The predicted octanol–water partition coefficient (Wildman–Crippen LogP) is 2.54. The van der Waals surface area contributed by atoms with Crippen molar-refractivity contribution in [2.45, 2.75) is 18.2 Å². The third-order valence-corrected chi connectivity index (χ3v) is 3.92. The molecule has 4 nitrogen and oxygen atoms in total. The first-order valence-electron chi connectivity index (χ1n) is 5.77. The number of oxime groups is 1. The second-order valence-electron chi connectivity index (χ2n) is 4.03.